The summed E-state index contributed by atoms with van der Waals surface area (Å²) in [7, 11) is -3.54. The molecule has 3 rings (SSSR count). The molecule has 0 radical (unpaired) electrons. The quantitative estimate of drug-likeness (QED) is 0.863. The van der Waals surface area contributed by atoms with Gasteiger partial charge in [0.15, 0.2) is 0 Å². The van der Waals surface area contributed by atoms with Crippen LogP contribution in [0.15, 0.2) is 35.5 Å². The topological polar surface area (TPSA) is 68.1 Å². The molecule has 21 heavy (non-hydrogen) atoms. The summed E-state index contributed by atoms with van der Waals surface area (Å²) in [4.78, 5) is 1.84. The maximum Gasteiger partial charge on any atom is 0.243 e. The van der Waals surface area contributed by atoms with E-state index < -0.39 is 10.0 Å². The minimum Gasteiger partial charge on any atom is -0.207 e. The van der Waals surface area contributed by atoms with Crippen LogP contribution >= 0.6 is 11.6 Å². The molecule has 0 aliphatic carbocycles. The third-order valence-corrected chi connectivity index (χ3v) is 5.90. The van der Waals surface area contributed by atoms with E-state index in [-0.39, 0.29) is 10.9 Å². The third kappa shape index (κ3) is 2.68. The van der Waals surface area contributed by atoms with Crippen LogP contribution in [-0.4, -0.2) is 40.8 Å². The molecule has 0 bridgehead atoms. The second kappa shape index (κ2) is 5.40. The summed E-state index contributed by atoms with van der Waals surface area (Å²) < 4.78 is 27.0. The molecule has 2 aromatic rings. The number of aryl methyl sites for hydroxylation is 1. The zero-order valence-electron chi connectivity index (χ0n) is 11.5. The van der Waals surface area contributed by atoms with Crippen molar-refractivity contribution in [2.24, 2.45) is 0 Å². The average molecular weight is 327 g/mol. The van der Waals surface area contributed by atoms with E-state index in [2.05, 4.69) is 10.2 Å². The van der Waals surface area contributed by atoms with Gasteiger partial charge in [-0.2, -0.15) is 19.3 Å². The van der Waals surface area contributed by atoms with Gasteiger partial charge in [0.05, 0.1) is 23.3 Å². The standard InChI is InChI=1S/C13H15ClN4O2S/c1-10-2-3-11(14)8-13(10)21(19,20)17-7-4-12(9-17)18-15-5-6-16-18/h2-3,5-6,8,12H,4,7,9H2,1H3/t12-/m1/s1. The summed E-state index contributed by atoms with van der Waals surface area (Å²) in [5.41, 5.74) is 0.695. The first kappa shape index (κ1) is 14.5. The average Bonchev–Trinajstić information content (AvgIpc) is 3.11. The van der Waals surface area contributed by atoms with Gasteiger partial charge >= 0.3 is 0 Å². The Kier molecular flexibility index (Phi) is 3.73. The molecule has 1 aliphatic rings. The van der Waals surface area contributed by atoms with Crippen LogP contribution in [-0.2, 0) is 10.0 Å². The van der Waals surface area contributed by atoms with E-state index in [4.69, 9.17) is 11.6 Å². The van der Waals surface area contributed by atoms with Crippen molar-refractivity contribution in [1.82, 2.24) is 19.3 Å². The molecular weight excluding hydrogens is 312 g/mol. The van der Waals surface area contributed by atoms with E-state index in [1.54, 1.807) is 36.2 Å². The summed E-state index contributed by atoms with van der Waals surface area (Å²) in [5, 5.41) is 8.58. The van der Waals surface area contributed by atoms with Gasteiger partial charge in [0.1, 0.15) is 0 Å². The molecule has 6 nitrogen and oxygen atoms in total. The van der Waals surface area contributed by atoms with Crippen molar-refractivity contribution in [1.29, 1.82) is 0 Å². The molecule has 1 aliphatic heterocycles. The van der Waals surface area contributed by atoms with Gasteiger partial charge in [0.25, 0.3) is 0 Å². The molecular formula is C13H15ClN4O2S. The van der Waals surface area contributed by atoms with Crippen LogP contribution in [0.1, 0.15) is 18.0 Å². The van der Waals surface area contributed by atoms with Crippen LogP contribution < -0.4 is 0 Å². The predicted octanol–water partition coefficient (Wildman–Crippen LogP) is 1.88. The molecule has 8 heteroatoms. The van der Waals surface area contributed by atoms with Crippen molar-refractivity contribution in [3.05, 3.63) is 41.2 Å². The lowest BCUT2D eigenvalue weighted by Crippen LogP contribution is -2.30. The van der Waals surface area contributed by atoms with Gasteiger partial charge in [-0.25, -0.2) is 8.42 Å². The minimum atomic E-state index is -3.54. The van der Waals surface area contributed by atoms with Gasteiger partial charge in [-0.15, -0.1) is 0 Å². The normalized spacial score (nSPS) is 20.0. The lowest BCUT2D eigenvalue weighted by atomic mass is 10.2. The van der Waals surface area contributed by atoms with Crippen molar-refractivity contribution < 1.29 is 8.42 Å². The first-order valence-corrected chi connectivity index (χ1v) is 8.42. The smallest absolute Gasteiger partial charge is 0.207 e. The van der Waals surface area contributed by atoms with E-state index in [1.165, 1.54) is 10.4 Å². The summed E-state index contributed by atoms with van der Waals surface area (Å²) >= 11 is 5.93. The predicted molar refractivity (Wildman–Crippen MR) is 78.6 cm³/mol. The molecule has 0 unspecified atom stereocenters. The van der Waals surface area contributed by atoms with Crippen LogP contribution in [0, 0.1) is 6.92 Å². The lowest BCUT2D eigenvalue weighted by Gasteiger charge is -2.18. The molecule has 0 N–H and O–H groups in total. The van der Waals surface area contributed by atoms with Crippen LogP contribution in [0.3, 0.4) is 0 Å². The Morgan fingerprint density at radius 1 is 1.29 bits per heavy atom. The number of nitrogens with zero attached hydrogens (tertiary/aromatic N) is 4. The van der Waals surface area contributed by atoms with E-state index >= 15 is 0 Å². The number of hydrogen-bond acceptors (Lipinski definition) is 4. The highest BCUT2D eigenvalue weighted by Gasteiger charge is 2.34. The number of rotatable bonds is 3. The SMILES string of the molecule is Cc1ccc(Cl)cc1S(=O)(=O)N1CC[C@@H](n2nccn2)C1. The van der Waals surface area contributed by atoms with Gasteiger partial charge in [-0.3, -0.25) is 0 Å². The van der Waals surface area contributed by atoms with E-state index in [1.807, 2.05) is 0 Å². The first-order chi connectivity index (χ1) is 9.98. The molecule has 0 amide bonds. The molecule has 1 aromatic heterocycles. The zero-order valence-corrected chi connectivity index (χ0v) is 13.0. The Balaban J connectivity index is 1.88. The fourth-order valence-electron chi connectivity index (χ4n) is 2.52. The van der Waals surface area contributed by atoms with E-state index in [0.717, 1.165) is 0 Å². The van der Waals surface area contributed by atoms with Gasteiger partial charge < -0.3 is 0 Å². The number of hydrogen-bond donors (Lipinski definition) is 0. The Labute approximate surface area is 128 Å². The molecule has 1 fully saturated rings. The van der Waals surface area contributed by atoms with Crippen molar-refractivity contribution >= 4 is 21.6 Å². The summed E-state index contributed by atoms with van der Waals surface area (Å²) in [6.07, 6.45) is 3.89. The summed E-state index contributed by atoms with van der Waals surface area (Å²) in [6, 6.07) is 4.90. The molecule has 1 aromatic carbocycles. The van der Waals surface area contributed by atoms with E-state index in [0.29, 0.717) is 30.1 Å². The first-order valence-electron chi connectivity index (χ1n) is 6.60. The van der Waals surface area contributed by atoms with Gasteiger partial charge in [0, 0.05) is 18.1 Å². The van der Waals surface area contributed by atoms with Crippen molar-refractivity contribution in [2.45, 2.75) is 24.3 Å². The maximum atomic E-state index is 12.7. The van der Waals surface area contributed by atoms with Crippen molar-refractivity contribution in [3.63, 3.8) is 0 Å². The zero-order chi connectivity index (χ0) is 15.0. The fourth-order valence-corrected chi connectivity index (χ4v) is 4.50. The highest BCUT2D eigenvalue weighted by molar-refractivity contribution is 7.89. The van der Waals surface area contributed by atoms with Crippen molar-refractivity contribution in [2.75, 3.05) is 13.1 Å². The minimum absolute atomic E-state index is 0.0192. The van der Waals surface area contributed by atoms with Gasteiger partial charge in [-0.05, 0) is 31.0 Å². The van der Waals surface area contributed by atoms with Crippen molar-refractivity contribution in [3.8, 4) is 0 Å². The Bertz CT molecular complexity index is 746. The lowest BCUT2D eigenvalue weighted by molar-refractivity contribution is 0.402. The highest BCUT2D eigenvalue weighted by atomic mass is 35.5. The number of sulfonamides is 1. The highest BCUT2D eigenvalue weighted by Crippen LogP contribution is 2.29. The Hall–Kier alpha value is -1.44. The number of halogens is 1. The van der Waals surface area contributed by atoms with Crippen LogP contribution in [0.25, 0.3) is 0 Å². The summed E-state index contributed by atoms with van der Waals surface area (Å²) in [5.74, 6) is 0. The molecule has 0 saturated carbocycles. The molecule has 112 valence electrons. The number of benzene rings is 1. The second-order valence-electron chi connectivity index (χ2n) is 5.06. The third-order valence-electron chi connectivity index (χ3n) is 3.66. The molecule has 0 spiro atoms. The molecule has 1 saturated heterocycles. The number of aromatic nitrogens is 3. The summed E-state index contributed by atoms with van der Waals surface area (Å²) in [6.45, 7) is 2.61. The van der Waals surface area contributed by atoms with Gasteiger partial charge in [-0.1, -0.05) is 17.7 Å². The van der Waals surface area contributed by atoms with E-state index in [9.17, 15) is 8.42 Å². The monoisotopic (exact) mass is 326 g/mol. The van der Waals surface area contributed by atoms with Crippen LogP contribution in [0.2, 0.25) is 5.02 Å². The Morgan fingerprint density at radius 2 is 2.00 bits per heavy atom. The van der Waals surface area contributed by atoms with Gasteiger partial charge in [0.2, 0.25) is 10.0 Å². The molecule has 2 heterocycles. The maximum absolute atomic E-state index is 12.7. The molecule has 1 atom stereocenters. The van der Waals surface area contributed by atoms with Crippen LogP contribution in [0.4, 0.5) is 0 Å². The Morgan fingerprint density at radius 3 is 2.71 bits per heavy atom. The second-order valence-corrected chi connectivity index (χ2v) is 7.41. The largest absolute Gasteiger partial charge is 0.243 e. The van der Waals surface area contributed by atoms with Crippen LogP contribution in [0.5, 0.6) is 0 Å². The fraction of sp³-hybridized carbons (Fsp3) is 0.385.